The van der Waals surface area contributed by atoms with E-state index in [1.807, 2.05) is 24.0 Å². The van der Waals surface area contributed by atoms with E-state index in [0.29, 0.717) is 5.71 Å². The molecule has 0 aliphatic carbocycles. The van der Waals surface area contributed by atoms with E-state index in [4.69, 9.17) is 4.42 Å². The maximum Gasteiger partial charge on any atom is 0.350 e. The lowest BCUT2D eigenvalue weighted by molar-refractivity contribution is 0.528. The highest BCUT2D eigenvalue weighted by atomic mass is 32.2. The van der Waals surface area contributed by atoms with Crippen molar-refractivity contribution in [2.75, 3.05) is 5.75 Å². The lowest BCUT2D eigenvalue weighted by Crippen LogP contribution is -2.22. The van der Waals surface area contributed by atoms with Crippen LogP contribution in [0.5, 0.6) is 0 Å². The molecule has 0 fully saturated rings. The minimum absolute atomic E-state index is 0.191. The summed E-state index contributed by atoms with van der Waals surface area (Å²) in [6.07, 6.45) is 17.2. The van der Waals surface area contributed by atoms with Crippen molar-refractivity contribution in [3.05, 3.63) is 28.5 Å². The molecule has 0 aromatic carbocycles. The highest BCUT2D eigenvalue weighted by Crippen LogP contribution is 2.21. The second kappa shape index (κ2) is 13.9. The number of thioether (sulfide) groups is 1. The number of fused-ring (bicyclic) bond motifs is 1. The molecule has 5 heteroatoms. The zero-order valence-electron chi connectivity index (χ0n) is 17.9. The van der Waals surface area contributed by atoms with Crippen LogP contribution in [0.2, 0.25) is 0 Å². The molecule has 0 N–H and O–H groups in total. The normalized spacial score (nSPS) is 11.5. The quantitative estimate of drug-likeness (QED) is 0.283. The first-order valence-electron chi connectivity index (χ1n) is 11.3. The summed E-state index contributed by atoms with van der Waals surface area (Å²) in [6, 6.07) is 2.05. The summed E-state index contributed by atoms with van der Waals surface area (Å²) in [4.78, 5) is 16.4. The third-order valence-electron chi connectivity index (χ3n) is 5.17. The number of nitrogens with zero attached hydrogens (tertiary/aromatic N) is 2. The van der Waals surface area contributed by atoms with Crippen molar-refractivity contribution in [2.24, 2.45) is 0 Å². The van der Waals surface area contributed by atoms with Gasteiger partial charge in [0.2, 0.25) is 5.71 Å². The third-order valence-corrected chi connectivity index (χ3v) is 6.23. The molecule has 2 rings (SSSR count). The van der Waals surface area contributed by atoms with E-state index in [-0.39, 0.29) is 5.69 Å². The molecular formula is C23H38N2O2S. The number of aromatic nitrogens is 2. The Labute approximate surface area is 174 Å². The molecule has 4 nitrogen and oxygen atoms in total. The van der Waals surface area contributed by atoms with Crippen molar-refractivity contribution >= 4 is 22.9 Å². The van der Waals surface area contributed by atoms with E-state index in [2.05, 4.69) is 18.8 Å². The lowest BCUT2D eigenvalue weighted by atomic mass is 10.1. The summed E-state index contributed by atoms with van der Waals surface area (Å²) >= 11 is 1.90. The Hall–Kier alpha value is -1.23. The zero-order valence-corrected chi connectivity index (χ0v) is 18.7. The molecule has 28 heavy (non-hydrogen) atoms. The zero-order chi connectivity index (χ0) is 20.0. The Bertz CT molecular complexity index is 723. The minimum atomic E-state index is -0.191. The van der Waals surface area contributed by atoms with Crippen LogP contribution in [0.4, 0.5) is 0 Å². The SMILES string of the molecule is CCCCCCCCCCn1cc2cc(CSCCCCCC)oc2nc1=O. The van der Waals surface area contributed by atoms with E-state index in [1.54, 1.807) is 4.57 Å². The second-order valence-electron chi connectivity index (χ2n) is 7.78. The van der Waals surface area contributed by atoms with E-state index in [9.17, 15) is 4.79 Å². The number of rotatable bonds is 16. The predicted molar refractivity (Wildman–Crippen MR) is 121 cm³/mol. The van der Waals surface area contributed by atoms with Crippen LogP contribution in [0.15, 0.2) is 21.5 Å². The Balaban J connectivity index is 1.74. The van der Waals surface area contributed by atoms with Gasteiger partial charge in [-0.2, -0.15) is 16.7 Å². The summed E-state index contributed by atoms with van der Waals surface area (Å²) in [5, 5.41) is 0.945. The Morgan fingerprint density at radius 2 is 1.57 bits per heavy atom. The molecule has 2 aromatic rings. The van der Waals surface area contributed by atoms with Gasteiger partial charge in [-0.15, -0.1) is 0 Å². The summed E-state index contributed by atoms with van der Waals surface area (Å²) < 4.78 is 7.52. The highest BCUT2D eigenvalue weighted by Gasteiger charge is 2.08. The number of unbranched alkanes of at least 4 members (excludes halogenated alkanes) is 10. The van der Waals surface area contributed by atoms with Crippen molar-refractivity contribution in [2.45, 2.75) is 103 Å². The van der Waals surface area contributed by atoms with Crippen molar-refractivity contribution in [3.63, 3.8) is 0 Å². The molecule has 0 unspecified atom stereocenters. The monoisotopic (exact) mass is 406 g/mol. The fraction of sp³-hybridized carbons (Fsp3) is 0.739. The van der Waals surface area contributed by atoms with Gasteiger partial charge in [-0.3, -0.25) is 4.57 Å². The Kier molecular flexibility index (Phi) is 11.4. The molecule has 158 valence electrons. The summed E-state index contributed by atoms with van der Waals surface area (Å²) in [5.41, 5.74) is 0.294. The van der Waals surface area contributed by atoms with Crippen molar-refractivity contribution in [3.8, 4) is 0 Å². The molecule has 0 atom stereocenters. The maximum atomic E-state index is 12.2. The minimum Gasteiger partial charge on any atom is -0.442 e. The van der Waals surface area contributed by atoms with Crippen LogP contribution >= 0.6 is 11.8 Å². The van der Waals surface area contributed by atoms with Crippen molar-refractivity contribution in [1.82, 2.24) is 9.55 Å². The Morgan fingerprint density at radius 1 is 0.929 bits per heavy atom. The second-order valence-corrected chi connectivity index (χ2v) is 8.88. The van der Waals surface area contributed by atoms with Gasteiger partial charge in [0.15, 0.2) is 0 Å². The molecule has 0 saturated heterocycles. The predicted octanol–water partition coefficient (Wildman–Crippen LogP) is 6.94. The van der Waals surface area contributed by atoms with Crippen LogP contribution in [-0.2, 0) is 12.3 Å². The molecule has 0 aliphatic heterocycles. The molecule has 0 amide bonds. The first-order chi connectivity index (χ1) is 13.7. The number of aryl methyl sites for hydroxylation is 1. The van der Waals surface area contributed by atoms with E-state index in [1.165, 1.54) is 70.6 Å². The van der Waals surface area contributed by atoms with Gasteiger partial charge in [-0.25, -0.2) is 4.79 Å². The van der Waals surface area contributed by atoms with Gasteiger partial charge in [0.05, 0.1) is 11.1 Å². The van der Waals surface area contributed by atoms with Crippen LogP contribution in [-0.4, -0.2) is 15.3 Å². The number of hydrogen-bond acceptors (Lipinski definition) is 4. The van der Waals surface area contributed by atoms with Crippen LogP contribution in [0.25, 0.3) is 11.1 Å². The average molecular weight is 407 g/mol. The van der Waals surface area contributed by atoms with Crippen molar-refractivity contribution in [1.29, 1.82) is 0 Å². The van der Waals surface area contributed by atoms with Gasteiger partial charge in [-0.05, 0) is 24.7 Å². The fourth-order valence-electron chi connectivity index (χ4n) is 3.45. The van der Waals surface area contributed by atoms with E-state index >= 15 is 0 Å². The molecule has 0 radical (unpaired) electrons. The highest BCUT2D eigenvalue weighted by molar-refractivity contribution is 7.98. The van der Waals surface area contributed by atoms with Crippen LogP contribution in [0.1, 0.15) is 96.7 Å². The van der Waals surface area contributed by atoms with Gasteiger partial charge < -0.3 is 4.42 Å². The van der Waals surface area contributed by atoms with Gasteiger partial charge in [0, 0.05) is 12.7 Å². The van der Waals surface area contributed by atoms with Crippen LogP contribution in [0, 0.1) is 0 Å². The molecule has 0 bridgehead atoms. The van der Waals surface area contributed by atoms with Gasteiger partial charge in [0.25, 0.3) is 0 Å². The van der Waals surface area contributed by atoms with Crippen molar-refractivity contribution < 1.29 is 4.42 Å². The standard InChI is InChI=1S/C23H38N2O2S/c1-3-5-7-9-10-11-12-13-15-25-18-20-17-21(27-22(20)24-23(25)26)19-28-16-14-8-6-4-2/h17-18H,3-16,19H2,1-2H3. The first-order valence-corrected chi connectivity index (χ1v) is 12.5. The molecular weight excluding hydrogens is 368 g/mol. The fourth-order valence-corrected chi connectivity index (χ4v) is 4.35. The van der Waals surface area contributed by atoms with E-state index < -0.39 is 0 Å². The number of furan rings is 1. The smallest absolute Gasteiger partial charge is 0.350 e. The molecule has 2 aromatic heterocycles. The number of hydrogen-bond donors (Lipinski definition) is 0. The Morgan fingerprint density at radius 3 is 2.29 bits per heavy atom. The lowest BCUT2D eigenvalue weighted by Gasteiger charge is -2.05. The average Bonchev–Trinajstić information content (AvgIpc) is 3.08. The molecule has 0 saturated carbocycles. The summed E-state index contributed by atoms with van der Waals surface area (Å²) in [5.74, 6) is 2.94. The van der Waals surface area contributed by atoms with Crippen LogP contribution < -0.4 is 5.69 Å². The third kappa shape index (κ3) is 8.42. The van der Waals surface area contributed by atoms with Gasteiger partial charge >= 0.3 is 5.69 Å². The van der Waals surface area contributed by atoms with E-state index in [0.717, 1.165) is 35.6 Å². The summed E-state index contributed by atoms with van der Waals surface area (Å²) in [7, 11) is 0. The van der Waals surface area contributed by atoms with Gasteiger partial charge in [0.1, 0.15) is 5.76 Å². The first kappa shape index (κ1) is 23.1. The maximum absolute atomic E-state index is 12.2. The molecule has 2 heterocycles. The van der Waals surface area contributed by atoms with Gasteiger partial charge in [-0.1, -0.05) is 78.1 Å². The van der Waals surface area contributed by atoms with Crippen LogP contribution in [0.3, 0.4) is 0 Å². The molecule has 0 spiro atoms. The summed E-state index contributed by atoms with van der Waals surface area (Å²) in [6.45, 7) is 5.24. The largest absolute Gasteiger partial charge is 0.442 e. The topological polar surface area (TPSA) is 48.0 Å². The molecule has 0 aliphatic rings.